The van der Waals surface area contributed by atoms with Gasteiger partial charge in [-0.05, 0) is 19.3 Å². The molecule has 0 aromatic rings. The van der Waals surface area contributed by atoms with Crippen molar-refractivity contribution in [2.75, 3.05) is 0 Å². The summed E-state index contributed by atoms with van der Waals surface area (Å²) in [5, 5.41) is 8.62. The second-order valence-electron chi connectivity index (χ2n) is 3.27. The first-order chi connectivity index (χ1) is 4.06. The maximum absolute atomic E-state index is 10.5. The Kier molecular flexibility index (Phi) is 0.757. The molecule has 3 aliphatic carbocycles. The van der Waals surface area contributed by atoms with Crippen LogP contribution in [0.15, 0.2) is 0 Å². The number of carboxylic acids is 1. The monoisotopic (exact) mass is 190 g/mol. The normalized spacial score (nSPS) is 53.4. The third-order valence-electron chi connectivity index (χ3n) is 2.42. The first kappa shape index (κ1) is 5.71. The standard InChI is InChI=1S/C6H7BrO2/c7-6-1-5(2-6,3-6)4(8)9/h1-3H2,(H,8,9). The molecule has 0 aliphatic heterocycles. The predicted molar refractivity (Wildman–Crippen MR) is 35.6 cm³/mol. The fourth-order valence-corrected chi connectivity index (χ4v) is 3.50. The van der Waals surface area contributed by atoms with Crippen molar-refractivity contribution in [2.24, 2.45) is 5.41 Å². The summed E-state index contributed by atoms with van der Waals surface area (Å²) in [7, 11) is 0. The summed E-state index contributed by atoms with van der Waals surface area (Å²) in [6.45, 7) is 0. The lowest BCUT2D eigenvalue weighted by Crippen LogP contribution is -2.66. The van der Waals surface area contributed by atoms with Gasteiger partial charge in [0.15, 0.2) is 0 Å². The molecule has 3 saturated carbocycles. The average Bonchev–Trinajstić information content (AvgIpc) is 1.54. The SMILES string of the molecule is O=C(O)C12CC(Br)(C1)C2. The lowest BCUT2D eigenvalue weighted by atomic mass is 9.44. The molecule has 0 atom stereocenters. The number of hydrogen-bond donors (Lipinski definition) is 1. The van der Waals surface area contributed by atoms with E-state index >= 15 is 0 Å². The van der Waals surface area contributed by atoms with Crippen LogP contribution in [0.4, 0.5) is 0 Å². The smallest absolute Gasteiger partial charge is 0.309 e. The lowest BCUT2D eigenvalue weighted by Gasteiger charge is -2.65. The fourth-order valence-electron chi connectivity index (χ4n) is 1.89. The van der Waals surface area contributed by atoms with Crippen LogP contribution in [0.2, 0.25) is 0 Å². The minimum atomic E-state index is -0.608. The van der Waals surface area contributed by atoms with Crippen LogP contribution >= 0.6 is 15.9 Å². The Bertz CT molecular complexity index is 168. The third-order valence-corrected chi connectivity index (χ3v) is 3.26. The second-order valence-corrected chi connectivity index (χ2v) is 4.95. The summed E-state index contributed by atoms with van der Waals surface area (Å²) in [5.74, 6) is -0.608. The van der Waals surface area contributed by atoms with Gasteiger partial charge in [0.25, 0.3) is 0 Å². The van der Waals surface area contributed by atoms with Crippen molar-refractivity contribution in [3.05, 3.63) is 0 Å². The summed E-state index contributed by atoms with van der Waals surface area (Å²) in [5.41, 5.74) is -0.302. The van der Waals surface area contributed by atoms with E-state index in [0.29, 0.717) is 0 Å². The van der Waals surface area contributed by atoms with Crippen molar-refractivity contribution in [1.29, 1.82) is 0 Å². The summed E-state index contributed by atoms with van der Waals surface area (Å²) >= 11 is 3.47. The molecule has 50 valence electrons. The number of alkyl halides is 1. The van der Waals surface area contributed by atoms with Gasteiger partial charge in [0.05, 0.1) is 5.41 Å². The van der Waals surface area contributed by atoms with Crippen molar-refractivity contribution < 1.29 is 9.90 Å². The molecule has 0 amide bonds. The summed E-state index contributed by atoms with van der Waals surface area (Å²) in [4.78, 5) is 10.5. The van der Waals surface area contributed by atoms with Crippen molar-refractivity contribution >= 4 is 21.9 Å². The van der Waals surface area contributed by atoms with Crippen LogP contribution in [-0.4, -0.2) is 15.4 Å². The quantitative estimate of drug-likeness (QED) is 0.635. The van der Waals surface area contributed by atoms with Crippen LogP contribution in [0.3, 0.4) is 0 Å². The molecule has 0 spiro atoms. The van der Waals surface area contributed by atoms with E-state index in [1.807, 2.05) is 0 Å². The highest BCUT2D eigenvalue weighted by Gasteiger charge is 2.70. The third kappa shape index (κ3) is 0.491. The van der Waals surface area contributed by atoms with Crippen molar-refractivity contribution in [1.82, 2.24) is 0 Å². The van der Waals surface area contributed by atoms with Gasteiger partial charge in [-0.25, -0.2) is 0 Å². The number of carboxylic acid groups (broad SMARTS) is 1. The molecule has 3 aliphatic rings. The highest BCUT2D eigenvalue weighted by molar-refractivity contribution is 9.10. The second kappa shape index (κ2) is 1.19. The van der Waals surface area contributed by atoms with Crippen LogP contribution in [-0.2, 0) is 4.79 Å². The van der Waals surface area contributed by atoms with E-state index in [-0.39, 0.29) is 9.74 Å². The molecule has 0 aromatic heterocycles. The number of aliphatic carboxylic acids is 1. The molecule has 2 bridgehead atoms. The molecule has 0 aromatic carbocycles. The van der Waals surface area contributed by atoms with Crippen molar-refractivity contribution in [3.8, 4) is 0 Å². The molecule has 3 fully saturated rings. The van der Waals surface area contributed by atoms with Crippen LogP contribution < -0.4 is 0 Å². The van der Waals surface area contributed by atoms with E-state index in [9.17, 15) is 4.79 Å². The first-order valence-electron chi connectivity index (χ1n) is 2.99. The van der Waals surface area contributed by atoms with Crippen LogP contribution in [0.5, 0.6) is 0 Å². The Hall–Kier alpha value is -0.0500. The Labute approximate surface area is 61.4 Å². The van der Waals surface area contributed by atoms with E-state index in [1.165, 1.54) is 0 Å². The molecule has 0 heterocycles. The minimum absolute atomic E-state index is 0.241. The molecule has 3 rings (SSSR count). The molecule has 1 N–H and O–H groups in total. The molecule has 0 unspecified atom stereocenters. The Morgan fingerprint density at radius 1 is 1.44 bits per heavy atom. The lowest BCUT2D eigenvalue weighted by molar-refractivity contribution is -0.176. The van der Waals surface area contributed by atoms with Gasteiger partial charge in [0.2, 0.25) is 0 Å². The zero-order chi connectivity index (χ0) is 6.70. The van der Waals surface area contributed by atoms with Gasteiger partial charge >= 0.3 is 5.97 Å². The molecular weight excluding hydrogens is 184 g/mol. The Balaban J connectivity index is 2.13. The molecular formula is C6H7BrO2. The van der Waals surface area contributed by atoms with Crippen LogP contribution in [0, 0.1) is 5.41 Å². The number of carbonyl (C=O) groups is 1. The highest BCUT2D eigenvalue weighted by atomic mass is 79.9. The van der Waals surface area contributed by atoms with E-state index in [2.05, 4.69) is 15.9 Å². The van der Waals surface area contributed by atoms with Gasteiger partial charge < -0.3 is 5.11 Å². The molecule has 9 heavy (non-hydrogen) atoms. The van der Waals surface area contributed by atoms with E-state index < -0.39 is 5.97 Å². The van der Waals surface area contributed by atoms with Gasteiger partial charge in [0, 0.05) is 4.32 Å². The molecule has 0 saturated heterocycles. The molecule has 0 radical (unpaired) electrons. The average molecular weight is 191 g/mol. The van der Waals surface area contributed by atoms with Crippen molar-refractivity contribution in [3.63, 3.8) is 0 Å². The van der Waals surface area contributed by atoms with Gasteiger partial charge in [-0.2, -0.15) is 0 Å². The summed E-state index contributed by atoms with van der Waals surface area (Å²) in [6.07, 6.45) is 2.53. The maximum Gasteiger partial charge on any atom is 0.309 e. The van der Waals surface area contributed by atoms with Gasteiger partial charge in [-0.15, -0.1) is 0 Å². The Morgan fingerprint density at radius 3 is 2.00 bits per heavy atom. The van der Waals surface area contributed by atoms with Crippen LogP contribution in [0.1, 0.15) is 19.3 Å². The molecule has 2 nitrogen and oxygen atoms in total. The van der Waals surface area contributed by atoms with Crippen molar-refractivity contribution in [2.45, 2.75) is 23.6 Å². The van der Waals surface area contributed by atoms with Gasteiger partial charge in [-0.3, -0.25) is 4.79 Å². The van der Waals surface area contributed by atoms with E-state index in [0.717, 1.165) is 19.3 Å². The zero-order valence-electron chi connectivity index (χ0n) is 4.85. The molecule has 3 heteroatoms. The number of rotatable bonds is 1. The van der Waals surface area contributed by atoms with Gasteiger partial charge in [-0.1, -0.05) is 15.9 Å². The largest absolute Gasteiger partial charge is 0.481 e. The topological polar surface area (TPSA) is 37.3 Å². The van der Waals surface area contributed by atoms with Crippen LogP contribution in [0.25, 0.3) is 0 Å². The highest BCUT2D eigenvalue weighted by Crippen LogP contribution is 2.71. The zero-order valence-corrected chi connectivity index (χ0v) is 6.44. The summed E-state index contributed by atoms with van der Waals surface area (Å²) in [6, 6.07) is 0. The fraction of sp³-hybridized carbons (Fsp3) is 0.833. The van der Waals surface area contributed by atoms with E-state index in [4.69, 9.17) is 5.11 Å². The maximum atomic E-state index is 10.5. The first-order valence-corrected chi connectivity index (χ1v) is 3.78. The summed E-state index contributed by atoms with van der Waals surface area (Å²) < 4.78 is 0.241. The Morgan fingerprint density at radius 2 is 1.89 bits per heavy atom. The predicted octanol–water partition coefficient (Wildman–Crippen LogP) is 1.39. The van der Waals surface area contributed by atoms with Gasteiger partial charge in [0.1, 0.15) is 0 Å². The van der Waals surface area contributed by atoms with E-state index in [1.54, 1.807) is 0 Å². The number of halogens is 1. The number of hydrogen-bond acceptors (Lipinski definition) is 1. The minimum Gasteiger partial charge on any atom is -0.481 e.